The number of methoxy groups -OCH3 is 1. The van der Waals surface area contributed by atoms with Crippen molar-refractivity contribution in [1.29, 1.82) is 0 Å². The number of nitrogens with two attached hydrogens (primary N) is 1. The van der Waals surface area contributed by atoms with Crippen molar-refractivity contribution in [2.24, 2.45) is 5.92 Å². The first-order valence-corrected chi connectivity index (χ1v) is 9.20. The van der Waals surface area contributed by atoms with Gasteiger partial charge in [0.15, 0.2) is 0 Å². The molecule has 0 fully saturated rings. The summed E-state index contributed by atoms with van der Waals surface area (Å²) in [5.41, 5.74) is 11.4. The number of benzene rings is 1. The molecule has 0 amide bonds. The van der Waals surface area contributed by atoms with E-state index in [2.05, 4.69) is 46.4 Å². The summed E-state index contributed by atoms with van der Waals surface area (Å²) in [5, 5.41) is 0. The molecule has 1 rings (SSSR count). The molecule has 6 N–H and O–H groups in total. The van der Waals surface area contributed by atoms with Crippen LogP contribution in [0.15, 0.2) is 54.1 Å². The minimum atomic E-state index is 0. The first kappa shape index (κ1) is 34.9. The molecule has 0 aromatic heterocycles. The summed E-state index contributed by atoms with van der Waals surface area (Å²) in [6.45, 7) is 13.7. The third kappa shape index (κ3) is 18.2. The Morgan fingerprint density at radius 1 is 1.21 bits per heavy atom. The maximum Gasteiger partial charge on any atom is 0.0981 e. The molecule has 0 saturated heterocycles. The standard InChI is InChI=1S/C19H27N.C4H11NO.2H2O.H2S.H2/c1-14(2)9-11-17(15(3)4)12-10-16(5)18-7-6-8-19(20)13-18;1-5(2)4-6-3;;;;/h6-8,10,12-14H,5,9,11,20H2,1-4H3;4H2,1-3H3;3*1H2;1H/b12-10-;;;;;. The lowest BCUT2D eigenvalue weighted by Crippen LogP contribution is -2.13. The van der Waals surface area contributed by atoms with Gasteiger partial charge in [-0.05, 0) is 75.5 Å². The van der Waals surface area contributed by atoms with Crippen LogP contribution in [0.5, 0.6) is 0 Å². The number of hydrogen-bond acceptors (Lipinski definition) is 3. The lowest BCUT2D eigenvalue weighted by molar-refractivity contribution is 0.0994. The fourth-order valence-corrected chi connectivity index (χ4v) is 2.24. The number of hydrogen-bond donors (Lipinski definition) is 1. The molecule has 1 aromatic carbocycles. The van der Waals surface area contributed by atoms with Crippen LogP contribution >= 0.6 is 13.5 Å². The van der Waals surface area contributed by atoms with Crippen molar-refractivity contribution in [3.8, 4) is 0 Å². The summed E-state index contributed by atoms with van der Waals surface area (Å²) in [5.74, 6) is 0.731. The van der Waals surface area contributed by atoms with Gasteiger partial charge in [-0.25, -0.2) is 0 Å². The number of ether oxygens (including phenoxy) is 1. The molecule has 0 heterocycles. The number of nitrogens with zero attached hydrogens (tertiary/aromatic N) is 1. The Hall–Kier alpha value is -1.57. The second-order valence-corrected chi connectivity index (χ2v) is 7.44. The SMILES string of the molecule is C=C(/C=C\C(CCC(C)C)=C(C)C)c1cccc(N)c1.COCN(C)C.O.O.S.[HH]. The summed E-state index contributed by atoms with van der Waals surface area (Å²) in [6.07, 6.45) is 6.64. The molecule has 0 atom stereocenters. The van der Waals surface area contributed by atoms with Gasteiger partial charge in [0, 0.05) is 14.2 Å². The Balaban J connectivity index is -0.000000184. The zero-order valence-electron chi connectivity index (χ0n) is 19.3. The fraction of sp³-hybridized carbons (Fsp3) is 0.478. The zero-order chi connectivity index (χ0) is 20.1. The molecular formula is C23H46N2O3S. The zero-order valence-corrected chi connectivity index (χ0v) is 20.3. The molecule has 0 saturated carbocycles. The molecule has 29 heavy (non-hydrogen) atoms. The van der Waals surface area contributed by atoms with Gasteiger partial charge < -0.3 is 21.4 Å². The summed E-state index contributed by atoms with van der Waals surface area (Å²) in [6, 6.07) is 7.86. The van der Waals surface area contributed by atoms with Gasteiger partial charge >= 0.3 is 0 Å². The van der Waals surface area contributed by atoms with E-state index in [0.29, 0.717) is 6.73 Å². The quantitative estimate of drug-likeness (QED) is 0.374. The normalized spacial score (nSPS) is 9.69. The van der Waals surface area contributed by atoms with Gasteiger partial charge in [0.2, 0.25) is 0 Å². The molecular weight excluding hydrogens is 384 g/mol. The van der Waals surface area contributed by atoms with Crippen molar-refractivity contribution in [2.45, 2.75) is 40.5 Å². The van der Waals surface area contributed by atoms with Gasteiger partial charge in [0.25, 0.3) is 0 Å². The second kappa shape index (κ2) is 19.7. The minimum absolute atomic E-state index is 0. The molecule has 1 aromatic rings. The molecule has 0 unspecified atom stereocenters. The van der Waals surface area contributed by atoms with Crippen molar-refractivity contribution < 1.29 is 17.1 Å². The highest BCUT2D eigenvalue weighted by atomic mass is 32.1. The Morgan fingerprint density at radius 3 is 2.17 bits per heavy atom. The number of allylic oxidation sites excluding steroid dienone is 5. The van der Waals surface area contributed by atoms with E-state index in [4.69, 9.17) is 10.5 Å². The Bertz CT molecular complexity index is 614. The topological polar surface area (TPSA) is 101 Å². The van der Waals surface area contributed by atoms with E-state index in [1.54, 1.807) is 7.11 Å². The monoisotopic (exact) mass is 430 g/mol. The highest BCUT2D eigenvalue weighted by Crippen LogP contribution is 2.20. The van der Waals surface area contributed by atoms with Gasteiger partial charge in [0.05, 0.1) is 6.73 Å². The second-order valence-electron chi connectivity index (χ2n) is 7.44. The highest BCUT2D eigenvalue weighted by molar-refractivity contribution is 7.59. The molecule has 172 valence electrons. The van der Waals surface area contributed by atoms with Gasteiger partial charge in [-0.3, -0.25) is 4.90 Å². The number of rotatable bonds is 8. The Morgan fingerprint density at radius 2 is 1.79 bits per heavy atom. The summed E-state index contributed by atoms with van der Waals surface area (Å²) in [4.78, 5) is 1.96. The van der Waals surface area contributed by atoms with Crippen LogP contribution in [-0.2, 0) is 4.74 Å². The Labute approximate surface area is 186 Å². The van der Waals surface area contributed by atoms with Crippen LogP contribution in [0.2, 0.25) is 0 Å². The maximum absolute atomic E-state index is 5.81. The van der Waals surface area contributed by atoms with Gasteiger partial charge in [-0.15, -0.1) is 0 Å². The third-order valence-electron chi connectivity index (χ3n) is 3.76. The van der Waals surface area contributed by atoms with E-state index < -0.39 is 0 Å². The smallest absolute Gasteiger partial charge is 0.0981 e. The number of nitrogen functional groups attached to an aromatic ring is 1. The van der Waals surface area contributed by atoms with Crippen molar-refractivity contribution in [3.63, 3.8) is 0 Å². The van der Waals surface area contributed by atoms with E-state index in [-0.39, 0.29) is 25.9 Å². The van der Waals surface area contributed by atoms with Crippen LogP contribution < -0.4 is 5.73 Å². The predicted molar refractivity (Wildman–Crippen MR) is 137 cm³/mol. The molecule has 5 nitrogen and oxygen atoms in total. The van der Waals surface area contributed by atoms with E-state index >= 15 is 0 Å². The van der Waals surface area contributed by atoms with Crippen LogP contribution in [0.3, 0.4) is 0 Å². The maximum atomic E-state index is 5.81. The van der Waals surface area contributed by atoms with Gasteiger partial charge in [-0.2, -0.15) is 13.5 Å². The first-order valence-electron chi connectivity index (χ1n) is 9.20. The van der Waals surface area contributed by atoms with E-state index in [0.717, 1.165) is 29.2 Å². The van der Waals surface area contributed by atoms with Crippen LogP contribution in [0.1, 0.15) is 47.5 Å². The molecule has 0 aliphatic rings. The molecule has 0 radical (unpaired) electrons. The lowest BCUT2D eigenvalue weighted by atomic mass is 9.98. The average Bonchev–Trinajstić information content (AvgIpc) is 2.54. The van der Waals surface area contributed by atoms with Crippen molar-refractivity contribution in [3.05, 3.63) is 59.7 Å². The summed E-state index contributed by atoms with van der Waals surface area (Å²) >= 11 is 0. The van der Waals surface area contributed by atoms with Gasteiger partial charge in [0.1, 0.15) is 0 Å². The minimum Gasteiger partial charge on any atom is -0.412 e. The van der Waals surface area contributed by atoms with E-state index in [9.17, 15) is 0 Å². The first-order chi connectivity index (χ1) is 12.2. The van der Waals surface area contributed by atoms with Gasteiger partial charge in [-0.1, -0.05) is 50.3 Å². The van der Waals surface area contributed by atoms with Crippen molar-refractivity contribution >= 4 is 24.8 Å². The lowest BCUT2D eigenvalue weighted by Gasteiger charge is -2.08. The predicted octanol–water partition coefficient (Wildman–Crippen LogP) is 4.47. The highest BCUT2D eigenvalue weighted by Gasteiger charge is 2.01. The fourth-order valence-electron chi connectivity index (χ4n) is 2.24. The van der Waals surface area contributed by atoms with E-state index in [1.807, 2.05) is 43.3 Å². The average molecular weight is 431 g/mol. The summed E-state index contributed by atoms with van der Waals surface area (Å²) < 4.78 is 4.73. The molecule has 0 aliphatic carbocycles. The van der Waals surface area contributed by atoms with Crippen LogP contribution in [0.4, 0.5) is 5.69 Å². The third-order valence-corrected chi connectivity index (χ3v) is 3.76. The molecule has 6 heteroatoms. The summed E-state index contributed by atoms with van der Waals surface area (Å²) in [7, 11) is 5.60. The van der Waals surface area contributed by atoms with Crippen LogP contribution in [0, 0.1) is 5.92 Å². The number of anilines is 1. The molecule has 0 spiro atoms. The van der Waals surface area contributed by atoms with Crippen LogP contribution in [0.25, 0.3) is 5.57 Å². The largest absolute Gasteiger partial charge is 0.412 e. The molecule has 0 bridgehead atoms. The molecule has 0 aliphatic heterocycles. The van der Waals surface area contributed by atoms with Crippen LogP contribution in [-0.4, -0.2) is 43.8 Å². The van der Waals surface area contributed by atoms with E-state index in [1.165, 1.54) is 17.6 Å². The van der Waals surface area contributed by atoms with Crippen molar-refractivity contribution in [2.75, 3.05) is 33.7 Å². The Kier molecular flexibility index (Phi) is 23.8. The van der Waals surface area contributed by atoms with Crippen molar-refractivity contribution in [1.82, 2.24) is 4.90 Å².